The molecule has 5 heteroatoms. The average molecular weight is 247 g/mol. The molecule has 1 aliphatic heterocycles. The molecular weight excluding hydrogens is 235 g/mol. The van der Waals surface area contributed by atoms with Gasteiger partial charge in [-0.3, -0.25) is 0 Å². The number of thioether (sulfide) groups is 1. The lowest BCUT2D eigenvalue weighted by molar-refractivity contribution is -0.124. The first-order valence-corrected chi connectivity index (χ1v) is 6.04. The smallest absolute Gasteiger partial charge is 0.308 e. The predicted molar refractivity (Wildman–Crippen MR) is 58.8 cm³/mol. The Morgan fingerprint density at radius 1 is 1.31 bits per heavy atom. The summed E-state index contributed by atoms with van der Waals surface area (Å²) in [5.41, 5.74) is 1.17. The van der Waals surface area contributed by atoms with E-state index < -0.39 is 12.7 Å². The van der Waals surface area contributed by atoms with Gasteiger partial charge in [0.1, 0.15) is 0 Å². The van der Waals surface area contributed by atoms with Crippen LogP contribution in [0.4, 0.5) is 13.2 Å². The van der Waals surface area contributed by atoms with Gasteiger partial charge >= 0.3 is 6.18 Å². The largest absolute Gasteiger partial charge is 0.401 e. The molecule has 0 radical (unpaired) electrons. The summed E-state index contributed by atoms with van der Waals surface area (Å²) >= 11 is 1.71. The number of alkyl halides is 3. The monoisotopic (exact) mass is 247 g/mol. The molecule has 88 valence electrons. The average Bonchev–Trinajstić information content (AvgIpc) is 2.60. The number of hydrogen-bond donors (Lipinski definition) is 1. The molecule has 1 aromatic carbocycles. The van der Waals surface area contributed by atoms with Gasteiger partial charge in [-0.1, -0.05) is 18.2 Å². The summed E-state index contributed by atoms with van der Waals surface area (Å²) in [4.78, 5) is 1.20. The lowest BCUT2D eigenvalue weighted by atomic mass is 10.0. The van der Waals surface area contributed by atoms with E-state index in [1.54, 1.807) is 11.8 Å². The fourth-order valence-corrected chi connectivity index (χ4v) is 3.04. The molecule has 1 N–H and O–H groups in total. The van der Waals surface area contributed by atoms with E-state index in [1.165, 1.54) is 10.5 Å². The van der Waals surface area contributed by atoms with E-state index in [4.69, 9.17) is 0 Å². The minimum atomic E-state index is -4.12. The summed E-state index contributed by atoms with van der Waals surface area (Å²) in [5, 5.41) is 2.47. The molecule has 0 aliphatic carbocycles. The molecule has 0 bridgehead atoms. The number of nitrogens with one attached hydrogen (secondary N) is 1. The van der Waals surface area contributed by atoms with E-state index in [2.05, 4.69) is 5.32 Å². The van der Waals surface area contributed by atoms with Crippen LogP contribution in [-0.4, -0.2) is 25.0 Å². The minimum Gasteiger partial charge on any atom is -0.308 e. The second-order valence-electron chi connectivity index (χ2n) is 3.79. The van der Waals surface area contributed by atoms with Crippen LogP contribution in [0.2, 0.25) is 0 Å². The van der Waals surface area contributed by atoms with Crippen LogP contribution in [0.15, 0.2) is 29.2 Å². The Balaban J connectivity index is 1.89. The highest BCUT2D eigenvalue weighted by atomic mass is 32.2. The molecule has 0 fully saturated rings. The lowest BCUT2D eigenvalue weighted by Gasteiger charge is -2.13. The lowest BCUT2D eigenvalue weighted by Crippen LogP contribution is -2.32. The number of hydrogen-bond acceptors (Lipinski definition) is 2. The quantitative estimate of drug-likeness (QED) is 0.881. The van der Waals surface area contributed by atoms with Crippen molar-refractivity contribution in [1.82, 2.24) is 5.32 Å². The van der Waals surface area contributed by atoms with Crippen LogP contribution in [0.5, 0.6) is 0 Å². The molecule has 2 rings (SSSR count). The van der Waals surface area contributed by atoms with Crippen LogP contribution < -0.4 is 5.32 Å². The molecule has 0 amide bonds. The third kappa shape index (κ3) is 2.92. The summed E-state index contributed by atoms with van der Waals surface area (Å²) < 4.78 is 35.9. The van der Waals surface area contributed by atoms with Gasteiger partial charge in [-0.2, -0.15) is 13.2 Å². The molecule has 1 aromatic rings. The Kier molecular flexibility index (Phi) is 3.44. The molecule has 1 heterocycles. The Hall–Kier alpha value is -0.680. The Morgan fingerprint density at radius 3 is 2.81 bits per heavy atom. The van der Waals surface area contributed by atoms with Crippen LogP contribution in [0, 0.1) is 0 Å². The molecule has 1 aliphatic rings. The summed E-state index contributed by atoms with van der Waals surface area (Å²) in [7, 11) is 0. The van der Waals surface area contributed by atoms with E-state index in [1.807, 2.05) is 24.3 Å². The van der Waals surface area contributed by atoms with Gasteiger partial charge in [0.05, 0.1) is 6.54 Å². The van der Waals surface area contributed by atoms with Gasteiger partial charge in [0.2, 0.25) is 0 Å². The Labute approximate surface area is 96.4 Å². The van der Waals surface area contributed by atoms with Gasteiger partial charge in [-0.25, -0.2) is 0 Å². The molecule has 1 nitrogen and oxygen atoms in total. The van der Waals surface area contributed by atoms with Gasteiger partial charge in [0.15, 0.2) is 0 Å². The van der Waals surface area contributed by atoms with Crippen molar-refractivity contribution < 1.29 is 13.2 Å². The van der Waals surface area contributed by atoms with Crippen molar-refractivity contribution in [1.29, 1.82) is 0 Å². The highest BCUT2D eigenvalue weighted by Gasteiger charge is 2.28. The van der Waals surface area contributed by atoms with E-state index in [9.17, 15) is 13.2 Å². The van der Waals surface area contributed by atoms with Crippen molar-refractivity contribution >= 4 is 11.8 Å². The Morgan fingerprint density at radius 2 is 2.06 bits per heavy atom. The highest BCUT2D eigenvalue weighted by Crippen LogP contribution is 2.38. The van der Waals surface area contributed by atoms with Crippen molar-refractivity contribution in [2.75, 3.05) is 18.8 Å². The van der Waals surface area contributed by atoms with Crippen molar-refractivity contribution in [3.63, 3.8) is 0 Å². The molecular formula is C11H12F3NS. The molecule has 0 saturated carbocycles. The molecule has 1 atom stereocenters. The maximum Gasteiger partial charge on any atom is 0.401 e. The van der Waals surface area contributed by atoms with Crippen LogP contribution in [0.1, 0.15) is 11.5 Å². The summed E-state index contributed by atoms with van der Waals surface area (Å²) in [5.74, 6) is 1.06. The fourth-order valence-electron chi connectivity index (χ4n) is 1.79. The van der Waals surface area contributed by atoms with Crippen molar-refractivity contribution in [2.45, 2.75) is 17.0 Å². The second-order valence-corrected chi connectivity index (χ2v) is 4.85. The number of benzene rings is 1. The first kappa shape index (κ1) is 11.8. The predicted octanol–water partition coefficient (Wildman–Crippen LogP) is 3.03. The third-order valence-electron chi connectivity index (χ3n) is 2.52. The van der Waals surface area contributed by atoms with Gasteiger partial charge in [-0.05, 0) is 11.6 Å². The van der Waals surface area contributed by atoms with E-state index in [0.29, 0.717) is 6.54 Å². The molecule has 0 aromatic heterocycles. The molecule has 16 heavy (non-hydrogen) atoms. The zero-order chi connectivity index (χ0) is 11.6. The van der Waals surface area contributed by atoms with E-state index in [-0.39, 0.29) is 5.92 Å². The van der Waals surface area contributed by atoms with Crippen molar-refractivity contribution in [3.05, 3.63) is 29.8 Å². The minimum absolute atomic E-state index is 0.198. The van der Waals surface area contributed by atoms with Crippen LogP contribution in [0.25, 0.3) is 0 Å². The topological polar surface area (TPSA) is 12.0 Å². The number of halogens is 3. The van der Waals surface area contributed by atoms with E-state index in [0.717, 1.165) is 5.75 Å². The van der Waals surface area contributed by atoms with E-state index >= 15 is 0 Å². The second kappa shape index (κ2) is 4.67. The standard InChI is InChI=1S/C11H12F3NS/c12-11(13,14)7-15-5-8-6-16-10-4-2-1-3-9(8)10/h1-4,8,15H,5-7H2. The summed E-state index contributed by atoms with van der Waals surface area (Å²) in [6.45, 7) is -0.514. The normalized spacial score (nSPS) is 19.8. The van der Waals surface area contributed by atoms with Crippen LogP contribution in [-0.2, 0) is 0 Å². The molecule has 0 spiro atoms. The maximum absolute atomic E-state index is 12.0. The van der Waals surface area contributed by atoms with Gasteiger partial charge in [0, 0.05) is 23.1 Å². The maximum atomic E-state index is 12.0. The third-order valence-corrected chi connectivity index (χ3v) is 3.77. The highest BCUT2D eigenvalue weighted by molar-refractivity contribution is 7.99. The van der Waals surface area contributed by atoms with Crippen LogP contribution in [0.3, 0.4) is 0 Å². The van der Waals surface area contributed by atoms with Gasteiger partial charge in [0.25, 0.3) is 0 Å². The van der Waals surface area contributed by atoms with Crippen molar-refractivity contribution in [2.24, 2.45) is 0 Å². The fraction of sp³-hybridized carbons (Fsp3) is 0.455. The van der Waals surface area contributed by atoms with Crippen LogP contribution >= 0.6 is 11.8 Å². The molecule has 1 unspecified atom stereocenters. The number of rotatable bonds is 3. The van der Waals surface area contributed by atoms with Crippen molar-refractivity contribution in [3.8, 4) is 0 Å². The van der Waals surface area contributed by atoms with Gasteiger partial charge in [-0.15, -0.1) is 11.8 Å². The Bertz CT molecular complexity index is 364. The SMILES string of the molecule is FC(F)(F)CNCC1CSc2ccccc21. The number of fused-ring (bicyclic) bond motifs is 1. The van der Waals surface area contributed by atoms with Gasteiger partial charge < -0.3 is 5.32 Å². The summed E-state index contributed by atoms with van der Waals surface area (Å²) in [6.07, 6.45) is -4.12. The summed E-state index contributed by atoms with van der Waals surface area (Å²) in [6, 6.07) is 7.90. The zero-order valence-corrected chi connectivity index (χ0v) is 9.37. The zero-order valence-electron chi connectivity index (χ0n) is 8.55. The first-order chi connectivity index (χ1) is 7.56. The molecule has 0 saturated heterocycles. The first-order valence-electron chi connectivity index (χ1n) is 5.05.